The van der Waals surface area contributed by atoms with E-state index in [4.69, 9.17) is 15.9 Å². The van der Waals surface area contributed by atoms with Crippen LogP contribution in [0.2, 0.25) is 0 Å². The Morgan fingerprint density at radius 2 is 1.94 bits per heavy atom. The summed E-state index contributed by atoms with van der Waals surface area (Å²) >= 11 is 0. The molecule has 0 bridgehead atoms. The lowest BCUT2D eigenvalue weighted by Gasteiger charge is -2.14. The maximum Gasteiger partial charge on any atom is 0.573 e. The lowest BCUT2D eigenvalue weighted by atomic mass is 10.2. The Morgan fingerprint density at radius 3 is 2.50 bits per heavy atom. The maximum atomic E-state index is 12.2. The minimum Gasteiger partial charge on any atom is -0.487 e. The van der Waals surface area contributed by atoms with Gasteiger partial charge in [0, 0.05) is 18.7 Å². The summed E-state index contributed by atoms with van der Waals surface area (Å²) in [6.07, 6.45) is 0.308. The fourth-order valence-corrected chi connectivity index (χ4v) is 1.16. The molecule has 0 saturated heterocycles. The van der Waals surface area contributed by atoms with E-state index in [-0.39, 0.29) is 24.5 Å². The molecule has 0 aliphatic rings. The van der Waals surface area contributed by atoms with Crippen LogP contribution < -0.4 is 9.47 Å². The number of ether oxygens (including phenoxy) is 3. The quantitative estimate of drug-likeness (QED) is 0.601. The molecule has 0 heterocycles. The predicted octanol–water partition coefficient (Wildman–Crippen LogP) is 2.59. The topological polar surface area (TPSA) is 27.7 Å². The molecule has 0 atom stereocenters. The molecule has 0 N–H and O–H groups in total. The third kappa shape index (κ3) is 4.55. The summed E-state index contributed by atoms with van der Waals surface area (Å²) in [5.41, 5.74) is 0.272. The van der Waals surface area contributed by atoms with Gasteiger partial charge in [0.1, 0.15) is 6.61 Å². The van der Waals surface area contributed by atoms with Gasteiger partial charge in [-0.2, -0.15) is 0 Å². The smallest absolute Gasteiger partial charge is 0.487 e. The van der Waals surface area contributed by atoms with E-state index in [9.17, 15) is 13.2 Å². The van der Waals surface area contributed by atoms with Crippen LogP contribution in [0.5, 0.6) is 11.5 Å². The highest BCUT2D eigenvalue weighted by atomic mass is 19.4. The molecule has 0 aromatic heterocycles. The second-order valence-corrected chi connectivity index (χ2v) is 3.19. The van der Waals surface area contributed by atoms with Crippen LogP contribution in [0.15, 0.2) is 18.2 Å². The first kappa shape index (κ1) is 14.2. The van der Waals surface area contributed by atoms with Crippen LogP contribution in [0.4, 0.5) is 13.2 Å². The monoisotopic (exact) mass is 260 g/mol. The summed E-state index contributed by atoms with van der Waals surface area (Å²) in [6, 6.07) is 3.88. The zero-order valence-electron chi connectivity index (χ0n) is 9.58. The van der Waals surface area contributed by atoms with E-state index >= 15 is 0 Å². The Labute approximate surface area is 102 Å². The van der Waals surface area contributed by atoms with Crippen molar-refractivity contribution in [2.45, 2.75) is 6.36 Å². The molecule has 0 saturated carbocycles. The fraction of sp³-hybridized carbons (Fsp3) is 0.333. The Bertz CT molecular complexity index is 435. The Kier molecular flexibility index (Phi) is 4.86. The van der Waals surface area contributed by atoms with Gasteiger partial charge in [-0.1, -0.05) is 5.92 Å². The zero-order valence-corrected chi connectivity index (χ0v) is 9.58. The molecule has 6 heteroatoms. The van der Waals surface area contributed by atoms with E-state index in [2.05, 4.69) is 10.7 Å². The molecule has 98 valence electrons. The lowest BCUT2D eigenvalue weighted by molar-refractivity contribution is -0.275. The van der Waals surface area contributed by atoms with Crippen molar-refractivity contribution in [3.05, 3.63) is 23.8 Å². The largest absolute Gasteiger partial charge is 0.573 e. The first-order valence-corrected chi connectivity index (χ1v) is 4.94. The normalized spacial score (nSPS) is 10.8. The summed E-state index contributed by atoms with van der Waals surface area (Å²) in [6.45, 7) is 0.364. The van der Waals surface area contributed by atoms with Gasteiger partial charge in [-0.05, 0) is 12.1 Å². The van der Waals surface area contributed by atoms with Crippen LogP contribution in [0.25, 0.3) is 0 Å². The van der Waals surface area contributed by atoms with Crippen LogP contribution in [0.1, 0.15) is 5.56 Å². The van der Waals surface area contributed by atoms with E-state index in [1.54, 1.807) is 0 Å². The second-order valence-electron chi connectivity index (χ2n) is 3.19. The highest BCUT2D eigenvalue weighted by Gasteiger charge is 2.32. The van der Waals surface area contributed by atoms with Gasteiger partial charge < -0.3 is 14.2 Å². The fourth-order valence-electron chi connectivity index (χ4n) is 1.16. The summed E-state index contributed by atoms with van der Waals surface area (Å²) in [4.78, 5) is 0. The van der Waals surface area contributed by atoms with Crippen molar-refractivity contribution in [1.82, 2.24) is 0 Å². The van der Waals surface area contributed by atoms with Gasteiger partial charge in [-0.3, -0.25) is 0 Å². The molecular formula is C12H11F3O3. The van der Waals surface area contributed by atoms with Crippen LogP contribution in [0.3, 0.4) is 0 Å². The van der Waals surface area contributed by atoms with Crippen molar-refractivity contribution in [2.75, 3.05) is 20.3 Å². The summed E-state index contributed by atoms with van der Waals surface area (Å²) in [5.74, 6) is 1.72. The Morgan fingerprint density at radius 1 is 1.22 bits per heavy atom. The number of hydrogen-bond acceptors (Lipinski definition) is 3. The molecule has 0 radical (unpaired) electrons. The first-order valence-electron chi connectivity index (χ1n) is 4.94. The van der Waals surface area contributed by atoms with Gasteiger partial charge >= 0.3 is 6.36 Å². The average molecular weight is 260 g/mol. The summed E-state index contributed by atoms with van der Waals surface area (Å²) < 4.78 is 50.3. The molecule has 1 rings (SSSR count). The SMILES string of the molecule is C#Cc1ccc(OCCOC)c(OC(F)(F)F)c1. The van der Waals surface area contributed by atoms with Gasteiger partial charge in [-0.25, -0.2) is 0 Å². The molecular weight excluding hydrogens is 249 g/mol. The highest BCUT2D eigenvalue weighted by Crippen LogP contribution is 2.32. The van der Waals surface area contributed by atoms with E-state index in [1.807, 2.05) is 0 Å². The van der Waals surface area contributed by atoms with Gasteiger partial charge in [0.25, 0.3) is 0 Å². The molecule has 0 fully saturated rings. The molecule has 1 aromatic rings. The third-order valence-corrected chi connectivity index (χ3v) is 1.88. The standard InChI is InChI=1S/C12H11F3O3/c1-3-9-4-5-10(17-7-6-16-2)11(8-9)18-12(13,14)15/h1,4-5,8H,6-7H2,2H3. The third-order valence-electron chi connectivity index (χ3n) is 1.88. The number of alkyl halides is 3. The molecule has 0 amide bonds. The molecule has 18 heavy (non-hydrogen) atoms. The van der Waals surface area contributed by atoms with Crippen LogP contribution >= 0.6 is 0 Å². The molecule has 0 spiro atoms. The number of rotatable bonds is 5. The number of hydrogen-bond donors (Lipinski definition) is 0. The van der Waals surface area contributed by atoms with Gasteiger partial charge in [0.15, 0.2) is 11.5 Å². The van der Waals surface area contributed by atoms with E-state index in [0.717, 1.165) is 6.07 Å². The lowest BCUT2D eigenvalue weighted by Crippen LogP contribution is -2.18. The maximum absolute atomic E-state index is 12.2. The van der Waals surface area contributed by atoms with Crippen molar-refractivity contribution in [3.63, 3.8) is 0 Å². The van der Waals surface area contributed by atoms with E-state index in [1.165, 1.54) is 19.2 Å². The highest BCUT2D eigenvalue weighted by molar-refractivity contribution is 5.47. The molecule has 0 aliphatic heterocycles. The average Bonchev–Trinajstić information content (AvgIpc) is 2.29. The van der Waals surface area contributed by atoms with E-state index in [0.29, 0.717) is 0 Å². The van der Waals surface area contributed by atoms with Gasteiger partial charge in [0.05, 0.1) is 6.61 Å². The van der Waals surface area contributed by atoms with E-state index < -0.39 is 12.1 Å². The summed E-state index contributed by atoms with van der Waals surface area (Å²) in [7, 11) is 1.46. The summed E-state index contributed by atoms with van der Waals surface area (Å²) in [5, 5.41) is 0. The Balaban J connectivity index is 2.90. The van der Waals surface area contributed by atoms with Crippen molar-refractivity contribution < 1.29 is 27.4 Å². The number of halogens is 3. The van der Waals surface area contributed by atoms with Gasteiger partial charge in [-0.15, -0.1) is 19.6 Å². The molecule has 3 nitrogen and oxygen atoms in total. The van der Waals surface area contributed by atoms with Gasteiger partial charge in [0.2, 0.25) is 0 Å². The van der Waals surface area contributed by atoms with Crippen molar-refractivity contribution in [2.24, 2.45) is 0 Å². The van der Waals surface area contributed by atoms with Crippen LogP contribution in [0, 0.1) is 12.3 Å². The Hall–Kier alpha value is -1.87. The van der Waals surface area contributed by atoms with Crippen molar-refractivity contribution in [1.29, 1.82) is 0 Å². The predicted molar refractivity (Wildman–Crippen MR) is 58.4 cm³/mol. The minimum atomic E-state index is -4.80. The minimum absolute atomic E-state index is 0.0385. The van der Waals surface area contributed by atoms with Crippen molar-refractivity contribution >= 4 is 0 Å². The second kappa shape index (κ2) is 6.17. The molecule has 0 aliphatic carbocycles. The van der Waals surface area contributed by atoms with Crippen LogP contribution in [-0.2, 0) is 4.74 Å². The molecule has 0 unspecified atom stereocenters. The number of terminal acetylenes is 1. The number of methoxy groups -OCH3 is 1. The van der Waals surface area contributed by atoms with Crippen molar-refractivity contribution in [3.8, 4) is 23.8 Å². The molecule has 1 aromatic carbocycles. The number of benzene rings is 1. The first-order chi connectivity index (χ1) is 8.46. The zero-order chi connectivity index (χ0) is 13.6. The van der Waals surface area contributed by atoms with Crippen LogP contribution in [-0.4, -0.2) is 26.7 Å².